The first-order valence-electron chi connectivity index (χ1n) is 7.42. The number of hydrogen-bond acceptors (Lipinski definition) is 5. The van der Waals surface area contributed by atoms with Crippen molar-refractivity contribution in [2.24, 2.45) is 0 Å². The quantitative estimate of drug-likeness (QED) is 0.772. The normalized spacial score (nSPS) is 13.5. The molecule has 0 aliphatic heterocycles. The smallest absolute Gasteiger partial charge is 0.263 e. The fourth-order valence-corrected chi connectivity index (χ4v) is 3.04. The molecule has 0 saturated heterocycles. The average Bonchev–Trinajstić information content (AvgIpc) is 3.26. The van der Waals surface area contributed by atoms with Gasteiger partial charge in [0.25, 0.3) is 5.91 Å². The molecule has 2 unspecified atom stereocenters. The molecule has 0 saturated carbocycles. The Labute approximate surface area is 142 Å². The van der Waals surface area contributed by atoms with Gasteiger partial charge in [-0.2, -0.15) is 5.10 Å². The van der Waals surface area contributed by atoms with E-state index in [4.69, 9.17) is 0 Å². The van der Waals surface area contributed by atoms with Crippen molar-refractivity contribution in [2.75, 3.05) is 0 Å². The van der Waals surface area contributed by atoms with Crippen LogP contribution in [0.4, 0.5) is 4.39 Å². The maximum absolute atomic E-state index is 13.8. The molecule has 0 aliphatic rings. The number of thiazole rings is 1. The highest BCUT2D eigenvalue weighted by Gasteiger charge is 2.20. The van der Waals surface area contributed by atoms with Gasteiger partial charge in [0.15, 0.2) is 0 Å². The third kappa shape index (κ3) is 3.33. The zero-order chi connectivity index (χ0) is 17.1. The van der Waals surface area contributed by atoms with Crippen LogP contribution < -0.4 is 5.32 Å². The molecule has 8 heteroatoms. The average molecular weight is 345 g/mol. The number of amides is 1. The van der Waals surface area contributed by atoms with Crippen LogP contribution in [0, 0.1) is 5.82 Å². The second-order valence-corrected chi connectivity index (χ2v) is 6.42. The third-order valence-corrected chi connectivity index (χ3v) is 4.80. The minimum Gasteiger partial charge on any atom is -0.347 e. The van der Waals surface area contributed by atoms with Crippen molar-refractivity contribution < 1.29 is 9.18 Å². The topological polar surface area (TPSA) is 72.7 Å². The number of halogens is 1. The Morgan fingerprint density at radius 2 is 2.12 bits per heavy atom. The van der Waals surface area contributed by atoms with Gasteiger partial charge in [-0.1, -0.05) is 12.1 Å². The van der Waals surface area contributed by atoms with Crippen molar-refractivity contribution in [3.8, 4) is 10.6 Å². The van der Waals surface area contributed by atoms with Gasteiger partial charge in [-0.25, -0.2) is 19.0 Å². The minimum atomic E-state index is -0.355. The van der Waals surface area contributed by atoms with Crippen LogP contribution in [0.5, 0.6) is 0 Å². The van der Waals surface area contributed by atoms with Gasteiger partial charge in [-0.15, -0.1) is 11.3 Å². The molecule has 6 nitrogen and oxygen atoms in total. The second kappa shape index (κ2) is 6.88. The molecule has 3 rings (SSSR count). The molecule has 2 aromatic heterocycles. The van der Waals surface area contributed by atoms with E-state index in [0.717, 1.165) is 11.3 Å². The van der Waals surface area contributed by atoms with Crippen molar-refractivity contribution in [3.63, 3.8) is 0 Å². The highest BCUT2D eigenvalue weighted by atomic mass is 32.1. The molecule has 24 heavy (non-hydrogen) atoms. The molecule has 2 atom stereocenters. The van der Waals surface area contributed by atoms with Crippen LogP contribution in [0.3, 0.4) is 0 Å². The summed E-state index contributed by atoms with van der Waals surface area (Å²) in [6.07, 6.45) is 4.53. The molecule has 1 aromatic carbocycles. The summed E-state index contributed by atoms with van der Waals surface area (Å²) in [6, 6.07) is 6.17. The van der Waals surface area contributed by atoms with Gasteiger partial charge in [0.2, 0.25) is 0 Å². The lowest BCUT2D eigenvalue weighted by Crippen LogP contribution is -2.38. The molecular formula is C16H16FN5OS. The highest BCUT2D eigenvalue weighted by molar-refractivity contribution is 7.16. The Kier molecular flexibility index (Phi) is 4.66. The fourth-order valence-electron chi connectivity index (χ4n) is 2.19. The Morgan fingerprint density at radius 1 is 1.33 bits per heavy atom. The van der Waals surface area contributed by atoms with E-state index in [1.807, 2.05) is 13.8 Å². The van der Waals surface area contributed by atoms with Crippen LogP contribution in [0.15, 0.2) is 43.1 Å². The molecule has 3 aromatic rings. The van der Waals surface area contributed by atoms with Crippen LogP contribution in [0.1, 0.15) is 29.6 Å². The summed E-state index contributed by atoms with van der Waals surface area (Å²) in [5.41, 5.74) is 0.394. The zero-order valence-corrected chi connectivity index (χ0v) is 14.0. The van der Waals surface area contributed by atoms with Crippen LogP contribution in [0.2, 0.25) is 0 Å². The first kappa shape index (κ1) is 16.3. The largest absolute Gasteiger partial charge is 0.347 e. The predicted molar refractivity (Wildman–Crippen MR) is 89.2 cm³/mol. The van der Waals surface area contributed by atoms with Crippen molar-refractivity contribution in [2.45, 2.75) is 25.9 Å². The maximum Gasteiger partial charge on any atom is 0.263 e. The van der Waals surface area contributed by atoms with E-state index in [9.17, 15) is 9.18 Å². The van der Waals surface area contributed by atoms with Crippen molar-refractivity contribution in [3.05, 3.63) is 53.8 Å². The molecule has 0 spiro atoms. The molecule has 1 amide bonds. The fraction of sp³-hybridized carbons (Fsp3) is 0.250. The van der Waals surface area contributed by atoms with Gasteiger partial charge in [0.1, 0.15) is 28.4 Å². The first-order chi connectivity index (χ1) is 11.6. The number of hydrogen-bond donors (Lipinski definition) is 1. The first-order valence-corrected chi connectivity index (χ1v) is 8.23. The van der Waals surface area contributed by atoms with Crippen molar-refractivity contribution >= 4 is 17.2 Å². The molecular weight excluding hydrogens is 329 g/mol. The molecule has 0 fully saturated rings. The van der Waals surface area contributed by atoms with Crippen LogP contribution in [-0.2, 0) is 0 Å². The lowest BCUT2D eigenvalue weighted by molar-refractivity contribution is 0.0932. The SMILES string of the molecule is CC(NC(=O)c1cnc(-c2ccccc2F)s1)C(C)n1cncn1. The molecule has 1 N–H and O–H groups in total. The van der Waals surface area contributed by atoms with Gasteiger partial charge in [-0.3, -0.25) is 4.79 Å². The van der Waals surface area contributed by atoms with Gasteiger partial charge in [0, 0.05) is 11.6 Å². The van der Waals surface area contributed by atoms with Crippen molar-refractivity contribution in [1.29, 1.82) is 0 Å². The van der Waals surface area contributed by atoms with Crippen LogP contribution in [-0.4, -0.2) is 31.7 Å². The lowest BCUT2D eigenvalue weighted by atomic mass is 10.2. The number of aromatic nitrogens is 4. The van der Waals surface area contributed by atoms with Gasteiger partial charge >= 0.3 is 0 Å². The van der Waals surface area contributed by atoms with Crippen LogP contribution >= 0.6 is 11.3 Å². The summed E-state index contributed by atoms with van der Waals surface area (Å²) in [4.78, 5) is 20.9. The molecule has 0 aliphatic carbocycles. The lowest BCUT2D eigenvalue weighted by Gasteiger charge is -2.20. The third-order valence-electron chi connectivity index (χ3n) is 3.77. The second-order valence-electron chi connectivity index (χ2n) is 5.39. The summed E-state index contributed by atoms with van der Waals surface area (Å²) in [6.45, 7) is 3.83. The van der Waals surface area contributed by atoms with Gasteiger partial charge < -0.3 is 5.32 Å². The Balaban J connectivity index is 1.71. The summed E-state index contributed by atoms with van der Waals surface area (Å²) in [5.74, 6) is -0.596. The number of nitrogens with one attached hydrogen (secondary N) is 1. The number of carbonyl (C=O) groups is 1. The van der Waals surface area contributed by atoms with E-state index < -0.39 is 0 Å². The number of nitrogens with zero attached hydrogens (tertiary/aromatic N) is 4. The van der Waals surface area contributed by atoms with Gasteiger partial charge in [0.05, 0.1) is 12.2 Å². The number of benzene rings is 1. The van der Waals surface area contributed by atoms with E-state index in [2.05, 4.69) is 20.4 Å². The van der Waals surface area contributed by atoms with E-state index in [1.165, 1.54) is 18.6 Å². The maximum atomic E-state index is 13.8. The zero-order valence-electron chi connectivity index (χ0n) is 13.2. The Hall–Kier alpha value is -2.61. The Bertz CT molecular complexity index is 833. The predicted octanol–water partition coefficient (Wildman–Crippen LogP) is 2.92. The number of carbonyl (C=O) groups excluding carboxylic acids is 1. The summed E-state index contributed by atoms with van der Waals surface area (Å²) >= 11 is 1.16. The molecule has 0 bridgehead atoms. The minimum absolute atomic E-state index is 0.0459. The van der Waals surface area contributed by atoms with Crippen molar-refractivity contribution in [1.82, 2.24) is 25.1 Å². The Morgan fingerprint density at radius 3 is 2.83 bits per heavy atom. The molecule has 0 radical (unpaired) electrons. The van der Waals surface area contributed by atoms with E-state index >= 15 is 0 Å². The summed E-state index contributed by atoms with van der Waals surface area (Å²) in [5, 5.41) is 7.47. The van der Waals surface area contributed by atoms with Gasteiger partial charge in [-0.05, 0) is 26.0 Å². The highest BCUT2D eigenvalue weighted by Crippen LogP contribution is 2.27. The summed E-state index contributed by atoms with van der Waals surface area (Å²) < 4.78 is 15.5. The molecule has 2 heterocycles. The van der Waals surface area contributed by atoms with E-state index in [-0.39, 0.29) is 23.8 Å². The number of rotatable bonds is 5. The molecule has 124 valence electrons. The van der Waals surface area contributed by atoms with E-state index in [0.29, 0.717) is 15.4 Å². The standard InChI is InChI=1S/C16H16FN5OS/c1-10(11(2)22-9-18-8-20-22)21-15(23)14-7-19-16(24-14)12-5-3-4-6-13(12)17/h3-11H,1-2H3,(H,21,23). The summed E-state index contributed by atoms with van der Waals surface area (Å²) in [7, 11) is 0. The monoisotopic (exact) mass is 345 g/mol. The van der Waals surface area contributed by atoms with E-state index in [1.54, 1.807) is 29.2 Å². The van der Waals surface area contributed by atoms with Crippen LogP contribution in [0.25, 0.3) is 10.6 Å².